The molecule has 1 amide bonds. The van der Waals surface area contributed by atoms with Crippen LogP contribution in [0.1, 0.15) is 16.8 Å². The van der Waals surface area contributed by atoms with Crippen LogP contribution in [0.4, 0.5) is 10.8 Å². The smallest absolute Gasteiger partial charge is 0.294 e. The number of carbonyl (C=O) groups is 1. The Bertz CT molecular complexity index is 1280. The van der Waals surface area contributed by atoms with Crippen LogP contribution in [-0.4, -0.2) is 75.0 Å². The Hall–Kier alpha value is -4.06. The third kappa shape index (κ3) is 5.53. The van der Waals surface area contributed by atoms with Crippen molar-refractivity contribution in [3.05, 3.63) is 41.1 Å². The first-order valence-electron chi connectivity index (χ1n) is 10.3. The Kier molecular flexibility index (Phi) is 7.54. The SMILES string of the molecule is Nc1nc(C(O)(O)C(=O)Nc2ccc(C(O)(O)CNCCc3c(O)c(O)c(O)c(O)c3O)cc2)c(O)s1. The van der Waals surface area contributed by atoms with Crippen LogP contribution in [0.5, 0.6) is 33.8 Å². The zero-order valence-corrected chi connectivity index (χ0v) is 19.6. The van der Waals surface area contributed by atoms with E-state index in [0.717, 1.165) is 0 Å². The molecule has 0 radical (unpaired) electrons. The standard InChI is InChI=1S/C21H24N4O11S/c22-19-25-16(17(31)37-19)21(35,36)18(32)24-9-3-1-8(2-4-9)20(33,34)7-23-6-5-10-11(26)13(28)15(30)14(29)12(10)27/h1-4,23,26-31,33-36H,5-7H2,(H2,22,25)(H,24,32). The number of anilines is 2. The maximum absolute atomic E-state index is 12.3. The molecule has 1 aromatic heterocycles. The molecule has 15 nitrogen and oxygen atoms in total. The number of nitrogen functional groups attached to an aromatic ring is 1. The number of phenolic OH excluding ortho intramolecular Hbond substituents is 5. The summed E-state index contributed by atoms with van der Waals surface area (Å²) in [5.41, 5.74) is 4.34. The number of aliphatic hydroxyl groups is 4. The summed E-state index contributed by atoms with van der Waals surface area (Å²) in [6.45, 7) is -0.540. The average Bonchev–Trinajstić information content (AvgIpc) is 3.19. The van der Waals surface area contributed by atoms with E-state index in [-0.39, 0.29) is 34.9 Å². The largest absolute Gasteiger partial charge is 0.504 e. The molecule has 14 N–H and O–H groups in total. The molecule has 37 heavy (non-hydrogen) atoms. The second-order valence-electron chi connectivity index (χ2n) is 7.87. The normalized spacial score (nSPS) is 12.0. The fourth-order valence-corrected chi connectivity index (χ4v) is 3.87. The second kappa shape index (κ2) is 10.1. The molecule has 200 valence electrons. The van der Waals surface area contributed by atoms with Crippen LogP contribution in [-0.2, 0) is 22.8 Å². The Morgan fingerprint density at radius 3 is 1.95 bits per heavy atom. The molecule has 0 aliphatic carbocycles. The van der Waals surface area contributed by atoms with Crippen molar-refractivity contribution in [3.63, 3.8) is 0 Å². The number of carbonyl (C=O) groups excluding carboxylic acids is 1. The van der Waals surface area contributed by atoms with Gasteiger partial charge in [-0.2, -0.15) is 0 Å². The molecule has 16 heteroatoms. The number of hydrogen-bond acceptors (Lipinski definition) is 15. The number of thiazole rings is 1. The minimum atomic E-state index is -3.20. The van der Waals surface area contributed by atoms with Crippen molar-refractivity contribution >= 4 is 28.1 Å². The van der Waals surface area contributed by atoms with Gasteiger partial charge in [-0.15, -0.1) is 0 Å². The third-order valence-electron chi connectivity index (χ3n) is 5.27. The van der Waals surface area contributed by atoms with E-state index >= 15 is 0 Å². The predicted molar refractivity (Wildman–Crippen MR) is 127 cm³/mol. The zero-order valence-electron chi connectivity index (χ0n) is 18.7. The second-order valence-corrected chi connectivity index (χ2v) is 8.88. The summed E-state index contributed by atoms with van der Waals surface area (Å²) in [4.78, 5) is 15.8. The van der Waals surface area contributed by atoms with Gasteiger partial charge in [0, 0.05) is 16.8 Å². The molecule has 3 aromatic rings. The van der Waals surface area contributed by atoms with E-state index in [2.05, 4.69) is 15.6 Å². The monoisotopic (exact) mass is 540 g/mol. The van der Waals surface area contributed by atoms with E-state index in [0.29, 0.717) is 11.3 Å². The Balaban J connectivity index is 1.60. The van der Waals surface area contributed by atoms with E-state index in [9.17, 15) is 55.9 Å². The highest BCUT2D eigenvalue weighted by Gasteiger charge is 2.41. The lowest BCUT2D eigenvalue weighted by molar-refractivity contribution is -0.185. The first kappa shape index (κ1) is 27.5. The Morgan fingerprint density at radius 2 is 1.43 bits per heavy atom. The van der Waals surface area contributed by atoms with E-state index in [1.807, 2.05) is 0 Å². The summed E-state index contributed by atoms with van der Waals surface area (Å²) in [6.07, 6.45) is -0.190. The molecule has 0 spiro atoms. The first-order valence-corrected chi connectivity index (χ1v) is 11.1. The number of aromatic hydroxyl groups is 6. The molecule has 1 heterocycles. The molecule has 0 atom stereocenters. The molecule has 0 saturated heterocycles. The molecule has 0 aliphatic rings. The van der Waals surface area contributed by atoms with Crippen LogP contribution in [0, 0.1) is 0 Å². The highest BCUT2D eigenvalue weighted by atomic mass is 32.1. The van der Waals surface area contributed by atoms with Gasteiger partial charge in [0.1, 0.15) is 0 Å². The van der Waals surface area contributed by atoms with E-state index in [1.165, 1.54) is 24.3 Å². The fourth-order valence-electron chi connectivity index (χ4n) is 3.25. The average molecular weight is 541 g/mol. The molecule has 0 saturated carbocycles. The van der Waals surface area contributed by atoms with Crippen LogP contribution < -0.4 is 16.4 Å². The summed E-state index contributed by atoms with van der Waals surface area (Å²) in [5.74, 6) is -11.8. The number of nitrogens with zero attached hydrogens (tertiary/aromatic N) is 1. The maximum Gasteiger partial charge on any atom is 0.294 e. The molecule has 0 aliphatic heterocycles. The molecule has 0 unspecified atom stereocenters. The number of nitrogens with one attached hydrogen (secondary N) is 2. The van der Waals surface area contributed by atoms with Crippen molar-refractivity contribution < 1.29 is 55.9 Å². The lowest BCUT2D eigenvalue weighted by atomic mass is 10.0. The summed E-state index contributed by atoms with van der Waals surface area (Å²) < 4.78 is 0. The number of hydrogen-bond donors (Lipinski definition) is 13. The van der Waals surface area contributed by atoms with Gasteiger partial charge in [-0.25, -0.2) is 4.98 Å². The Labute approximate surface area is 211 Å². The quantitative estimate of drug-likeness (QED) is 0.0650. The van der Waals surface area contributed by atoms with Crippen molar-refractivity contribution in [1.82, 2.24) is 10.3 Å². The fraction of sp³-hybridized carbons (Fsp3) is 0.238. The summed E-state index contributed by atoms with van der Waals surface area (Å²) in [6, 6.07) is 4.91. The molecule has 2 aromatic carbocycles. The summed E-state index contributed by atoms with van der Waals surface area (Å²) in [5, 5.41) is 103. The summed E-state index contributed by atoms with van der Waals surface area (Å²) >= 11 is 0.538. The molecule has 0 fully saturated rings. The van der Waals surface area contributed by atoms with Gasteiger partial charge in [-0.3, -0.25) is 4.79 Å². The summed E-state index contributed by atoms with van der Waals surface area (Å²) in [7, 11) is 0. The lowest BCUT2D eigenvalue weighted by Gasteiger charge is -2.23. The number of phenols is 5. The van der Waals surface area contributed by atoms with E-state index < -0.39 is 63.5 Å². The predicted octanol–water partition coefficient (Wildman–Crippen LogP) is -1.30. The third-order valence-corrected chi connectivity index (χ3v) is 5.96. The zero-order chi connectivity index (χ0) is 27.7. The van der Waals surface area contributed by atoms with Gasteiger partial charge >= 0.3 is 0 Å². The van der Waals surface area contributed by atoms with E-state index in [1.54, 1.807) is 0 Å². The number of aromatic nitrogens is 1. The number of benzene rings is 2. The van der Waals surface area contributed by atoms with Crippen molar-refractivity contribution in [2.45, 2.75) is 18.0 Å². The van der Waals surface area contributed by atoms with Crippen LogP contribution in [0.3, 0.4) is 0 Å². The van der Waals surface area contributed by atoms with Gasteiger partial charge in [0.2, 0.25) is 28.1 Å². The minimum absolute atomic E-state index is 0.0329. The van der Waals surface area contributed by atoms with Crippen molar-refractivity contribution in [2.24, 2.45) is 0 Å². The minimum Gasteiger partial charge on any atom is -0.504 e. The first-order chi connectivity index (χ1) is 17.2. The van der Waals surface area contributed by atoms with Crippen molar-refractivity contribution in [1.29, 1.82) is 0 Å². The maximum atomic E-state index is 12.3. The van der Waals surface area contributed by atoms with Gasteiger partial charge in [0.15, 0.2) is 22.3 Å². The molecular weight excluding hydrogens is 516 g/mol. The van der Waals surface area contributed by atoms with Gasteiger partial charge in [-0.05, 0) is 25.1 Å². The number of rotatable bonds is 9. The highest BCUT2D eigenvalue weighted by molar-refractivity contribution is 7.17. The van der Waals surface area contributed by atoms with Crippen LogP contribution in [0.2, 0.25) is 0 Å². The van der Waals surface area contributed by atoms with Crippen molar-refractivity contribution in [3.8, 4) is 33.8 Å². The van der Waals surface area contributed by atoms with Gasteiger partial charge in [0.25, 0.3) is 11.7 Å². The molecular formula is C21H24N4O11S. The van der Waals surface area contributed by atoms with Crippen molar-refractivity contribution in [2.75, 3.05) is 24.1 Å². The van der Waals surface area contributed by atoms with Crippen LogP contribution >= 0.6 is 11.3 Å². The highest BCUT2D eigenvalue weighted by Crippen LogP contribution is 2.50. The topological polar surface area (TPSA) is 282 Å². The van der Waals surface area contributed by atoms with Gasteiger partial charge in [0.05, 0.1) is 6.54 Å². The van der Waals surface area contributed by atoms with Crippen LogP contribution in [0.15, 0.2) is 24.3 Å². The molecule has 0 bridgehead atoms. The molecule has 3 rings (SSSR count). The van der Waals surface area contributed by atoms with E-state index in [4.69, 9.17) is 5.73 Å². The van der Waals surface area contributed by atoms with Gasteiger partial charge < -0.3 is 67.4 Å². The van der Waals surface area contributed by atoms with Crippen LogP contribution in [0.25, 0.3) is 0 Å². The van der Waals surface area contributed by atoms with Gasteiger partial charge in [-0.1, -0.05) is 23.5 Å². The lowest BCUT2D eigenvalue weighted by Crippen LogP contribution is -2.40. The Morgan fingerprint density at radius 1 is 0.892 bits per heavy atom. The number of nitrogens with two attached hydrogens (primary N) is 1. The number of amides is 1.